The summed E-state index contributed by atoms with van der Waals surface area (Å²) in [5, 5.41) is 6.49. The Morgan fingerprint density at radius 2 is 1.86 bits per heavy atom. The summed E-state index contributed by atoms with van der Waals surface area (Å²) < 4.78 is 41.8. The first kappa shape index (κ1) is 15.2. The molecule has 0 saturated heterocycles. The maximum atomic E-state index is 13.9. The van der Waals surface area contributed by atoms with Gasteiger partial charge in [0.15, 0.2) is 5.82 Å². The van der Waals surface area contributed by atoms with Crippen LogP contribution in [-0.4, -0.2) is 27.9 Å². The minimum absolute atomic E-state index is 0.00167. The quantitative estimate of drug-likeness (QED) is 0.795. The molecule has 4 nitrogen and oxygen atoms in total. The fraction of sp³-hybridized carbons (Fsp3) is 0.667. The van der Waals surface area contributed by atoms with E-state index in [2.05, 4.69) is 15.2 Å². The number of hydrogen-bond acceptors (Lipinski definition) is 3. The summed E-state index contributed by atoms with van der Waals surface area (Å²) in [5.41, 5.74) is -2.02. The smallest absolute Gasteiger partial charge is 0.299 e. The van der Waals surface area contributed by atoms with Gasteiger partial charge in [-0.05, 0) is 25.7 Å². The van der Waals surface area contributed by atoms with Crippen LogP contribution in [0.25, 0.3) is 0 Å². The third-order valence-corrected chi connectivity index (χ3v) is 4.83. The number of H-pyrrole nitrogens is 1. The number of fused-ring (bicyclic) bond motifs is 2. The zero-order chi connectivity index (χ0) is 16.5. The van der Waals surface area contributed by atoms with Gasteiger partial charge in [0.2, 0.25) is 0 Å². The van der Waals surface area contributed by atoms with E-state index in [9.17, 15) is 18.0 Å². The number of Topliss-reactive ketones (excluding diaryl/α,β-unsaturated/α-hetero) is 1. The normalized spacial score (nSPS) is 30.6. The zero-order valence-electron chi connectivity index (χ0n) is 12.9. The van der Waals surface area contributed by atoms with Crippen LogP contribution in [-0.2, 0) is 10.2 Å². The summed E-state index contributed by atoms with van der Waals surface area (Å²) in [6.45, 7) is 6.39. The molecular weight excluding hydrogens is 295 g/mol. The maximum Gasteiger partial charge on any atom is 0.399 e. The van der Waals surface area contributed by atoms with Crippen molar-refractivity contribution in [3.05, 3.63) is 11.3 Å². The second kappa shape index (κ2) is 4.20. The van der Waals surface area contributed by atoms with Gasteiger partial charge in [-0.2, -0.15) is 18.3 Å². The molecule has 7 heteroatoms. The molecule has 1 aromatic heterocycles. The molecule has 2 heterocycles. The van der Waals surface area contributed by atoms with Crippen molar-refractivity contribution in [2.75, 3.05) is 0 Å². The van der Waals surface area contributed by atoms with E-state index in [0.29, 0.717) is 17.8 Å². The highest BCUT2D eigenvalue weighted by molar-refractivity contribution is 6.11. The van der Waals surface area contributed by atoms with E-state index in [1.807, 2.05) is 13.8 Å². The fourth-order valence-corrected chi connectivity index (χ4v) is 3.88. The van der Waals surface area contributed by atoms with E-state index >= 15 is 0 Å². The zero-order valence-corrected chi connectivity index (χ0v) is 12.9. The lowest BCUT2D eigenvalue weighted by molar-refractivity contribution is -0.197. The predicted molar refractivity (Wildman–Crippen MR) is 75.3 cm³/mol. The van der Waals surface area contributed by atoms with Crippen LogP contribution < -0.4 is 0 Å². The van der Waals surface area contributed by atoms with Crippen molar-refractivity contribution in [3.8, 4) is 0 Å². The average Bonchev–Trinajstić information content (AvgIpc) is 2.67. The molecule has 0 radical (unpaired) electrons. The van der Waals surface area contributed by atoms with Gasteiger partial charge < -0.3 is 0 Å². The Kier molecular flexibility index (Phi) is 2.91. The molecule has 0 amide bonds. The van der Waals surface area contributed by atoms with Gasteiger partial charge in [-0.25, -0.2) is 4.99 Å². The summed E-state index contributed by atoms with van der Waals surface area (Å²) in [7, 11) is 0. The molecule has 2 atom stereocenters. The van der Waals surface area contributed by atoms with Crippen molar-refractivity contribution < 1.29 is 18.0 Å². The Labute approximate surface area is 126 Å². The molecule has 0 bridgehead atoms. The molecule has 0 aromatic carbocycles. The van der Waals surface area contributed by atoms with Gasteiger partial charge in [0, 0.05) is 23.4 Å². The van der Waals surface area contributed by atoms with Crippen LogP contribution in [0.1, 0.15) is 44.9 Å². The van der Waals surface area contributed by atoms with Crippen LogP contribution in [0.4, 0.5) is 19.0 Å². The van der Waals surface area contributed by atoms with Crippen molar-refractivity contribution in [1.82, 2.24) is 10.2 Å². The highest BCUT2D eigenvalue weighted by atomic mass is 19.4. The SMILES string of the molecule is Cc1[nH]nc2c1C(C)(C(F)(F)F)C1C(=O)CC(C)(C)CC1=N2. The summed E-state index contributed by atoms with van der Waals surface area (Å²) in [6, 6.07) is 0. The molecule has 3 rings (SSSR count). The third-order valence-electron chi connectivity index (χ3n) is 4.83. The molecule has 1 saturated carbocycles. The van der Waals surface area contributed by atoms with Crippen LogP contribution in [0.3, 0.4) is 0 Å². The van der Waals surface area contributed by atoms with E-state index in [1.165, 1.54) is 6.92 Å². The van der Waals surface area contributed by atoms with Gasteiger partial charge in [-0.3, -0.25) is 9.89 Å². The number of rotatable bonds is 0. The minimum atomic E-state index is -4.56. The summed E-state index contributed by atoms with van der Waals surface area (Å²) in [6.07, 6.45) is -4.05. The number of aromatic amines is 1. The van der Waals surface area contributed by atoms with Crippen molar-refractivity contribution in [3.63, 3.8) is 0 Å². The first-order valence-corrected chi connectivity index (χ1v) is 7.20. The van der Waals surface area contributed by atoms with Crippen LogP contribution in [0.15, 0.2) is 4.99 Å². The Morgan fingerprint density at radius 1 is 1.23 bits per heavy atom. The Morgan fingerprint density at radius 3 is 2.45 bits per heavy atom. The number of carbonyl (C=O) groups is 1. The van der Waals surface area contributed by atoms with Crippen molar-refractivity contribution >= 4 is 17.3 Å². The predicted octanol–water partition coefficient (Wildman–Crippen LogP) is 3.63. The highest BCUT2D eigenvalue weighted by Gasteiger charge is 2.65. The Bertz CT molecular complexity index is 687. The molecule has 0 spiro atoms. The number of hydrogen-bond donors (Lipinski definition) is 1. The number of carbonyl (C=O) groups excluding carboxylic acids is 1. The third kappa shape index (κ3) is 1.87. The van der Waals surface area contributed by atoms with Crippen LogP contribution in [0.5, 0.6) is 0 Å². The number of alkyl halides is 3. The van der Waals surface area contributed by atoms with Gasteiger partial charge in [-0.1, -0.05) is 13.8 Å². The molecule has 2 unspecified atom stereocenters. The van der Waals surface area contributed by atoms with Gasteiger partial charge in [-0.15, -0.1) is 0 Å². The Balaban J connectivity index is 2.28. The first-order valence-electron chi connectivity index (χ1n) is 7.20. The maximum absolute atomic E-state index is 13.9. The second-order valence-corrected chi connectivity index (χ2v) is 7.27. The molecule has 22 heavy (non-hydrogen) atoms. The lowest BCUT2D eigenvalue weighted by Gasteiger charge is -2.46. The molecule has 1 N–H and O–H groups in total. The lowest BCUT2D eigenvalue weighted by Crippen LogP contribution is -2.56. The fourth-order valence-electron chi connectivity index (χ4n) is 3.88. The Hall–Kier alpha value is -1.66. The van der Waals surface area contributed by atoms with Gasteiger partial charge >= 0.3 is 6.18 Å². The van der Waals surface area contributed by atoms with Crippen molar-refractivity contribution in [1.29, 1.82) is 0 Å². The molecular formula is C15H18F3N3O. The van der Waals surface area contributed by atoms with Crippen LogP contribution in [0.2, 0.25) is 0 Å². The van der Waals surface area contributed by atoms with E-state index in [4.69, 9.17) is 0 Å². The molecule has 1 aromatic rings. The van der Waals surface area contributed by atoms with Gasteiger partial charge in [0.05, 0.1) is 5.92 Å². The van der Waals surface area contributed by atoms with Crippen molar-refractivity contribution in [2.45, 2.75) is 52.1 Å². The topological polar surface area (TPSA) is 58.1 Å². The number of ketones is 1. The highest BCUT2D eigenvalue weighted by Crippen LogP contribution is 2.56. The number of nitrogens with zero attached hydrogens (tertiary/aromatic N) is 2. The van der Waals surface area contributed by atoms with E-state index < -0.39 is 17.5 Å². The van der Waals surface area contributed by atoms with Crippen molar-refractivity contribution in [2.24, 2.45) is 16.3 Å². The number of aryl methyl sites for hydroxylation is 1. The van der Waals surface area contributed by atoms with E-state index in [-0.39, 0.29) is 29.0 Å². The first-order chi connectivity index (χ1) is 9.97. The van der Waals surface area contributed by atoms with Gasteiger partial charge in [0.25, 0.3) is 0 Å². The number of halogens is 3. The number of aromatic nitrogens is 2. The van der Waals surface area contributed by atoms with Crippen LogP contribution in [0, 0.1) is 18.3 Å². The number of aliphatic imine (C=N–C) groups is 1. The van der Waals surface area contributed by atoms with Gasteiger partial charge in [0.1, 0.15) is 11.2 Å². The van der Waals surface area contributed by atoms with E-state index in [1.54, 1.807) is 0 Å². The largest absolute Gasteiger partial charge is 0.399 e. The lowest BCUT2D eigenvalue weighted by atomic mass is 9.58. The summed E-state index contributed by atoms with van der Waals surface area (Å²) >= 11 is 0. The average molecular weight is 313 g/mol. The standard InChI is InChI=1S/C15H18F3N3O/c1-7-10-12(21-20-7)19-8-5-13(2,3)6-9(22)11(8)14(10,4)15(16,17)18/h11H,5-6H2,1-4H3,(H,20,21). The molecule has 120 valence electrons. The minimum Gasteiger partial charge on any atom is -0.299 e. The second-order valence-electron chi connectivity index (χ2n) is 7.27. The molecule has 2 aliphatic rings. The molecule has 1 aliphatic heterocycles. The van der Waals surface area contributed by atoms with E-state index in [0.717, 1.165) is 6.92 Å². The molecule has 1 fully saturated rings. The monoisotopic (exact) mass is 313 g/mol. The molecule has 1 aliphatic carbocycles. The van der Waals surface area contributed by atoms with Crippen LogP contribution >= 0.6 is 0 Å². The summed E-state index contributed by atoms with van der Waals surface area (Å²) in [5.74, 6) is -1.57. The summed E-state index contributed by atoms with van der Waals surface area (Å²) in [4.78, 5) is 16.8. The number of nitrogens with one attached hydrogen (secondary N) is 1.